The van der Waals surface area contributed by atoms with Crippen molar-refractivity contribution in [2.75, 3.05) is 11.9 Å². The molecule has 2 aromatic heterocycles. The fourth-order valence-electron chi connectivity index (χ4n) is 3.18. The van der Waals surface area contributed by atoms with Crippen LogP contribution in [0.2, 0.25) is 0 Å². The van der Waals surface area contributed by atoms with E-state index in [1.165, 1.54) is 23.5 Å². The first-order valence-corrected chi connectivity index (χ1v) is 9.87. The minimum atomic E-state index is -0.378. The molecule has 28 heavy (non-hydrogen) atoms. The van der Waals surface area contributed by atoms with Crippen molar-refractivity contribution < 1.29 is 13.9 Å². The first kappa shape index (κ1) is 18.5. The summed E-state index contributed by atoms with van der Waals surface area (Å²) in [5, 5.41) is 8.08. The summed E-state index contributed by atoms with van der Waals surface area (Å²) in [6.45, 7) is 0.659. The van der Waals surface area contributed by atoms with Crippen molar-refractivity contribution in [1.29, 1.82) is 0 Å². The van der Waals surface area contributed by atoms with E-state index in [9.17, 15) is 9.18 Å². The maximum atomic E-state index is 13.3. The molecule has 4 rings (SSSR count). The Morgan fingerprint density at radius 2 is 2.14 bits per heavy atom. The van der Waals surface area contributed by atoms with Gasteiger partial charge in [0, 0.05) is 29.9 Å². The van der Waals surface area contributed by atoms with E-state index in [4.69, 9.17) is 4.74 Å². The van der Waals surface area contributed by atoms with E-state index in [-0.39, 0.29) is 24.0 Å². The fourth-order valence-corrected chi connectivity index (χ4v) is 3.89. The summed E-state index contributed by atoms with van der Waals surface area (Å²) in [7, 11) is 0. The zero-order chi connectivity index (χ0) is 19.3. The highest BCUT2D eigenvalue weighted by Crippen LogP contribution is 2.28. The van der Waals surface area contributed by atoms with E-state index in [1.54, 1.807) is 24.5 Å². The fraction of sp³-hybridized carbons (Fsp3) is 0.250. The minimum Gasteiger partial charge on any atom is -0.376 e. The van der Waals surface area contributed by atoms with Crippen molar-refractivity contribution in [1.82, 2.24) is 15.3 Å². The number of anilines is 1. The molecule has 2 N–H and O–H groups in total. The predicted molar refractivity (Wildman–Crippen MR) is 106 cm³/mol. The average Bonchev–Trinajstić information content (AvgIpc) is 3.40. The monoisotopic (exact) mass is 398 g/mol. The normalized spacial score (nSPS) is 17.2. The number of ether oxygens (including phenoxy) is 1. The van der Waals surface area contributed by atoms with Crippen LogP contribution in [0.3, 0.4) is 0 Å². The van der Waals surface area contributed by atoms with Crippen LogP contribution in [0.4, 0.5) is 14.3 Å². The number of rotatable bonds is 5. The maximum Gasteiger partial charge on any atom is 0.321 e. The lowest BCUT2D eigenvalue weighted by Crippen LogP contribution is -2.38. The predicted octanol–water partition coefficient (Wildman–Crippen LogP) is 4.39. The smallest absolute Gasteiger partial charge is 0.321 e. The third-order valence-electron chi connectivity index (χ3n) is 4.53. The number of benzene rings is 1. The Morgan fingerprint density at radius 1 is 1.29 bits per heavy atom. The van der Waals surface area contributed by atoms with E-state index in [1.807, 2.05) is 17.5 Å². The van der Waals surface area contributed by atoms with Gasteiger partial charge in [0.2, 0.25) is 0 Å². The molecule has 1 aliphatic heterocycles. The molecule has 8 heteroatoms. The molecule has 0 radical (unpaired) electrons. The van der Waals surface area contributed by atoms with Gasteiger partial charge in [-0.1, -0.05) is 12.1 Å². The lowest BCUT2D eigenvalue weighted by Gasteiger charge is -2.24. The van der Waals surface area contributed by atoms with Gasteiger partial charge in [-0.05, 0) is 42.7 Å². The van der Waals surface area contributed by atoms with Gasteiger partial charge in [0.25, 0.3) is 0 Å². The summed E-state index contributed by atoms with van der Waals surface area (Å²) in [4.78, 5) is 21.1. The number of aromatic nitrogens is 2. The van der Waals surface area contributed by atoms with Crippen LogP contribution in [0.5, 0.6) is 0 Å². The van der Waals surface area contributed by atoms with E-state index < -0.39 is 0 Å². The van der Waals surface area contributed by atoms with Gasteiger partial charge in [0.1, 0.15) is 5.82 Å². The van der Waals surface area contributed by atoms with Crippen LogP contribution in [-0.2, 0) is 4.74 Å². The molecule has 0 aliphatic carbocycles. The van der Waals surface area contributed by atoms with Gasteiger partial charge in [-0.3, -0.25) is 10.3 Å². The number of nitrogens with zero attached hydrogens (tertiary/aromatic N) is 2. The maximum absolute atomic E-state index is 13.3. The third kappa shape index (κ3) is 4.35. The third-order valence-corrected chi connectivity index (χ3v) is 5.29. The van der Waals surface area contributed by atoms with Crippen LogP contribution in [0.15, 0.2) is 54.2 Å². The molecule has 1 saturated heterocycles. The minimum absolute atomic E-state index is 0.140. The number of amides is 2. The summed E-state index contributed by atoms with van der Waals surface area (Å²) < 4.78 is 19.0. The van der Waals surface area contributed by atoms with Crippen molar-refractivity contribution >= 4 is 22.5 Å². The van der Waals surface area contributed by atoms with Gasteiger partial charge in [0.05, 0.1) is 17.8 Å². The van der Waals surface area contributed by atoms with Crippen LogP contribution in [0.1, 0.15) is 24.4 Å². The molecular weight excluding hydrogens is 379 g/mol. The molecule has 2 atom stereocenters. The summed E-state index contributed by atoms with van der Waals surface area (Å²) in [6.07, 6.45) is 5.06. The standard InChI is InChI=1S/C20H19FN4O2S/c21-15-7-5-13(6-8-15)18(17-4-2-10-27-17)24-19(26)25-20-23-16(12-28-20)14-3-1-9-22-11-14/h1,3,5-9,11-12,17-18H,2,4,10H2,(H2,23,24,25,26). The molecule has 1 aliphatic rings. The number of halogens is 1. The van der Waals surface area contributed by atoms with Gasteiger partial charge in [-0.2, -0.15) is 0 Å². The van der Waals surface area contributed by atoms with Crippen molar-refractivity contribution in [2.24, 2.45) is 0 Å². The number of thiazole rings is 1. The summed E-state index contributed by atoms with van der Waals surface area (Å²) >= 11 is 1.34. The number of hydrogen-bond donors (Lipinski definition) is 2. The molecule has 0 saturated carbocycles. The highest BCUT2D eigenvalue weighted by molar-refractivity contribution is 7.14. The van der Waals surface area contributed by atoms with Crippen molar-refractivity contribution in [2.45, 2.75) is 25.0 Å². The van der Waals surface area contributed by atoms with Crippen LogP contribution in [0, 0.1) is 5.82 Å². The number of nitrogens with one attached hydrogen (secondary N) is 2. The summed E-state index contributed by atoms with van der Waals surface area (Å²) in [5.41, 5.74) is 2.44. The van der Waals surface area contributed by atoms with E-state index in [2.05, 4.69) is 20.6 Å². The van der Waals surface area contributed by atoms with Gasteiger partial charge in [-0.25, -0.2) is 14.2 Å². The highest BCUT2D eigenvalue weighted by Gasteiger charge is 2.29. The SMILES string of the molecule is O=C(Nc1nc(-c2cccnc2)cs1)NC(c1ccc(F)cc1)C1CCCO1. The molecule has 144 valence electrons. The number of hydrogen-bond acceptors (Lipinski definition) is 5. The van der Waals surface area contributed by atoms with Crippen molar-refractivity contribution in [3.8, 4) is 11.3 Å². The van der Waals surface area contributed by atoms with Crippen molar-refractivity contribution in [3.63, 3.8) is 0 Å². The van der Waals surface area contributed by atoms with E-state index in [0.717, 1.165) is 29.7 Å². The van der Waals surface area contributed by atoms with Gasteiger partial charge in [0.15, 0.2) is 5.13 Å². The average molecular weight is 398 g/mol. The highest BCUT2D eigenvalue weighted by atomic mass is 32.1. The quantitative estimate of drug-likeness (QED) is 0.668. The largest absolute Gasteiger partial charge is 0.376 e. The molecule has 2 amide bonds. The lowest BCUT2D eigenvalue weighted by molar-refractivity contribution is 0.0815. The molecule has 3 aromatic rings. The Balaban J connectivity index is 1.46. The Morgan fingerprint density at radius 3 is 2.86 bits per heavy atom. The lowest BCUT2D eigenvalue weighted by atomic mass is 9.99. The van der Waals surface area contributed by atoms with Crippen LogP contribution in [-0.4, -0.2) is 28.7 Å². The second-order valence-corrected chi connectivity index (χ2v) is 7.32. The van der Waals surface area contributed by atoms with Crippen LogP contribution >= 0.6 is 11.3 Å². The molecule has 0 spiro atoms. The topological polar surface area (TPSA) is 76.1 Å². The molecule has 6 nitrogen and oxygen atoms in total. The Labute approximate surface area is 165 Å². The number of carbonyl (C=O) groups excluding carboxylic acids is 1. The van der Waals surface area contributed by atoms with Gasteiger partial charge < -0.3 is 10.1 Å². The number of urea groups is 1. The van der Waals surface area contributed by atoms with E-state index >= 15 is 0 Å². The van der Waals surface area contributed by atoms with Crippen LogP contribution < -0.4 is 10.6 Å². The first-order chi connectivity index (χ1) is 13.7. The number of carbonyl (C=O) groups is 1. The zero-order valence-electron chi connectivity index (χ0n) is 15.0. The molecule has 3 heterocycles. The molecule has 1 fully saturated rings. The second-order valence-electron chi connectivity index (χ2n) is 6.46. The van der Waals surface area contributed by atoms with Gasteiger partial charge >= 0.3 is 6.03 Å². The zero-order valence-corrected chi connectivity index (χ0v) is 15.8. The van der Waals surface area contributed by atoms with Crippen LogP contribution in [0.25, 0.3) is 11.3 Å². The van der Waals surface area contributed by atoms with Gasteiger partial charge in [-0.15, -0.1) is 11.3 Å². The molecule has 0 bridgehead atoms. The van der Waals surface area contributed by atoms with Crippen molar-refractivity contribution in [3.05, 3.63) is 65.6 Å². The molecular formula is C20H19FN4O2S. The Hall–Kier alpha value is -2.84. The van der Waals surface area contributed by atoms with E-state index in [0.29, 0.717) is 11.7 Å². The summed E-state index contributed by atoms with van der Waals surface area (Å²) in [5.74, 6) is -0.315. The second kappa shape index (κ2) is 8.45. The first-order valence-electron chi connectivity index (χ1n) is 8.99. The Kier molecular flexibility index (Phi) is 5.59. The molecule has 1 aromatic carbocycles. The number of pyridine rings is 1. The summed E-state index contributed by atoms with van der Waals surface area (Å²) in [6, 6.07) is 9.13. The molecule has 2 unspecified atom stereocenters. The Bertz CT molecular complexity index is 927.